The lowest BCUT2D eigenvalue weighted by Gasteiger charge is -2.20. The van der Waals surface area contributed by atoms with E-state index in [1.807, 2.05) is 24.3 Å². The Morgan fingerprint density at radius 2 is 1.66 bits per heavy atom. The van der Waals surface area contributed by atoms with Crippen molar-refractivity contribution in [3.63, 3.8) is 0 Å². The number of hydrogen-bond donors (Lipinski definition) is 1. The highest BCUT2D eigenvalue weighted by atomic mass is 35.5. The summed E-state index contributed by atoms with van der Waals surface area (Å²) in [5.41, 5.74) is 2.73. The Bertz CT molecular complexity index is 1160. The standard InChI is InChI=1S/C24H22ClN3O4/c1-3-16-8-10-17(11-9-16)15-27(2)24(30)20-6-4-5-7-22(20)26-23(29)19-13-12-18(28(31)32)14-21(19)25/h4-14H,3,15H2,1-2H3,(H,26,29). The fourth-order valence-corrected chi connectivity index (χ4v) is 3.46. The third-order valence-electron chi connectivity index (χ3n) is 5.01. The second-order valence-corrected chi connectivity index (χ2v) is 7.66. The highest BCUT2D eigenvalue weighted by molar-refractivity contribution is 6.34. The Labute approximate surface area is 190 Å². The van der Waals surface area contributed by atoms with Gasteiger partial charge in [0.1, 0.15) is 0 Å². The summed E-state index contributed by atoms with van der Waals surface area (Å²) in [6, 6.07) is 18.3. The van der Waals surface area contributed by atoms with Crippen molar-refractivity contribution >= 4 is 34.8 Å². The molecular formula is C24H22ClN3O4. The van der Waals surface area contributed by atoms with Gasteiger partial charge in [-0.25, -0.2) is 0 Å². The average Bonchev–Trinajstić information content (AvgIpc) is 2.79. The number of carbonyl (C=O) groups excluding carboxylic acids is 2. The van der Waals surface area contributed by atoms with E-state index in [1.165, 1.54) is 17.7 Å². The van der Waals surface area contributed by atoms with Crippen molar-refractivity contribution in [3.8, 4) is 0 Å². The van der Waals surface area contributed by atoms with Crippen LogP contribution in [0.1, 0.15) is 38.8 Å². The maximum atomic E-state index is 13.1. The van der Waals surface area contributed by atoms with Gasteiger partial charge in [0, 0.05) is 25.7 Å². The number of nitro groups is 1. The lowest BCUT2D eigenvalue weighted by atomic mass is 10.1. The van der Waals surface area contributed by atoms with E-state index < -0.39 is 10.8 Å². The van der Waals surface area contributed by atoms with Crippen molar-refractivity contribution in [3.05, 3.63) is 104 Å². The van der Waals surface area contributed by atoms with Gasteiger partial charge in [-0.05, 0) is 35.7 Å². The minimum absolute atomic E-state index is 0.0480. The van der Waals surface area contributed by atoms with Gasteiger partial charge in [-0.15, -0.1) is 0 Å². The molecule has 1 N–H and O–H groups in total. The maximum absolute atomic E-state index is 13.1. The van der Waals surface area contributed by atoms with E-state index in [0.717, 1.165) is 18.1 Å². The van der Waals surface area contributed by atoms with E-state index >= 15 is 0 Å². The number of anilines is 1. The summed E-state index contributed by atoms with van der Waals surface area (Å²) in [5.74, 6) is -0.821. The molecular weight excluding hydrogens is 430 g/mol. The fourth-order valence-electron chi connectivity index (χ4n) is 3.20. The van der Waals surface area contributed by atoms with Gasteiger partial charge in [0.25, 0.3) is 17.5 Å². The van der Waals surface area contributed by atoms with Crippen molar-refractivity contribution < 1.29 is 14.5 Å². The average molecular weight is 452 g/mol. The largest absolute Gasteiger partial charge is 0.337 e. The smallest absolute Gasteiger partial charge is 0.270 e. The summed E-state index contributed by atoms with van der Waals surface area (Å²) in [6.45, 7) is 2.50. The van der Waals surface area contributed by atoms with Crippen molar-refractivity contribution in [1.82, 2.24) is 4.90 Å². The Hall–Kier alpha value is -3.71. The van der Waals surface area contributed by atoms with Crippen LogP contribution in [0, 0.1) is 10.1 Å². The minimum Gasteiger partial charge on any atom is -0.337 e. The topological polar surface area (TPSA) is 92.6 Å². The minimum atomic E-state index is -0.590. The van der Waals surface area contributed by atoms with Crippen molar-refractivity contribution in [1.29, 1.82) is 0 Å². The van der Waals surface area contributed by atoms with Crippen LogP contribution in [-0.2, 0) is 13.0 Å². The maximum Gasteiger partial charge on any atom is 0.270 e. The lowest BCUT2D eigenvalue weighted by Crippen LogP contribution is -2.27. The van der Waals surface area contributed by atoms with Gasteiger partial charge in [0.15, 0.2) is 0 Å². The van der Waals surface area contributed by atoms with E-state index in [2.05, 4.69) is 12.2 Å². The fraction of sp³-hybridized carbons (Fsp3) is 0.167. The third-order valence-corrected chi connectivity index (χ3v) is 5.32. The number of para-hydroxylation sites is 1. The molecule has 3 rings (SSSR count). The van der Waals surface area contributed by atoms with E-state index in [4.69, 9.17) is 11.6 Å². The van der Waals surface area contributed by atoms with Crippen LogP contribution in [0.25, 0.3) is 0 Å². The molecule has 0 atom stereocenters. The van der Waals surface area contributed by atoms with Gasteiger partial charge in [-0.1, -0.05) is 54.9 Å². The Kier molecular flexibility index (Phi) is 7.22. The van der Waals surface area contributed by atoms with Crippen LogP contribution in [0.5, 0.6) is 0 Å². The number of benzene rings is 3. The quantitative estimate of drug-likeness (QED) is 0.388. The van der Waals surface area contributed by atoms with E-state index in [-0.39, 0.29) is 22.2 Å². The van der Waals surface area contributed by atoms with E-state index in [9.17, 15) is 19.7 Å². The highest BCUT2D eigenvalue weighted by Gasteiger charge is 2.20. The first-order valence-corrected chi connectivity index (χ1v) is 10.4. The molecule has 0 spiro atoms. The van der Waals surface area contributed by atoms with Gasteiger partial charge in [0.2, 0.25) is 0 Å². The highest BCUT2D eigenvalue weighted by Crippen LogP contribution is 2.25. The number of rotatable bonds is 7. The summed E-state index contributed by atoms with van der Waals surface area (Å²) in [5, 5.41) is 13.5. The molecule has 0 fully saturated rings. The summed E-state index contributed by atoms with van der Waals surface area (Å²) in [7, 11) is 1.70. The predicted octanol–water partition coefficient (Wildman–Crippen LogP) is 5.34. The molecule has 0 radical (unpaired) electrons. The van der Waals surface area contributed by atoms with Crippen molar-refractivity contribution in [2.45, 2.75) is 19.9 Å². The van der Waals surface area contributed by atoms with Crippen LogP contribution in [0.15, 0.2) is 66.7 Å². The Morgan fingerprint density at radius 3 is 2.28 bits per heavy atom. The van der Waals surface area contributed by atoms with Crippen molar-refractivity contribution in [2.24, 2.45) is 0 Å². The lowest BCUT2D eigenvalue weighted by molar-refractivity contribution is -0.384. The predicted molar refractivity (Wildman–Crippen MR) is 124 cm³/mol. The van der Waals surface area contributed by atoms with Crippen LogP contribution >= 0.6 is 11.6 Å². The number of nitrogens with zero attached hydrogens (tertiary/aromatic N) is 2. The Morgan fingerprint density at radius 1 is 1.00 bits per heavy atom. The second kappa shape index (κ2) is 10.1. The summed E-state index contributed by atoms with van der Waals surface area (Å²) >= 11 is 6.06. The monoisotopic (exact) mass is 451 g/mol. The first-order valence-electron chi connectivity index (χ1n) is 9.97. The first-order chi connectivity index (χ1) is 15.3. The molecule has 2 amide bonds. The molecule has 0 aliphatic heterocycles. The molecule has 3 aromatic carbocycles. The zero-order valence-corrected chi connectivity index (χ0v) is 18.4. The van der Waals surface area contributed by atoms with Crippen LogP contribution in [0.4, 0.5) is 11.4 Å². The molecule has 8 heteroatoms. The number of halogens is 1. The zero-order chi connectivity index (χ0) is 23.3. The molecule has 164 valence electrons. The number of carbonyl (C=O) groups is 2. The molecule has 0 aromatic heterocycles. The molecule has 0 bridgehead atoms. The number of non-ortho nitro benzene ring substituents is 1. The van der Waals surface area contributed by atoms with Gasteiger partial charge in [0.05, 0.1) is 26.8 Å². The number of amides is 2. The van der Waals surface area contributed by atoms with Crippen molar-refractivity contribution in [2.75, 3.05) is 12.4 Å². The number of hydrogen-bond acceptors (Lipinski definition) is 4. The summed E-state index contributed by atoms with van der Waals surface area (Å²) in [4.78, 5) is 37.7. The summed E-state index contributed by atoms with van der Waals surface area (Å²) < 4.78 is 0. The molecule has 3 aromatic rings. The molecule has 7 nitrogen and oxygen atoms in total. The Balaban J connectivity index is 1.78. The molecule has 0 unspecified atom stereocenters. The molecule has 0 saturated heterocycles. The molecule has 0 saturated carbocycles. The van der Waals surface area contributed by atoms with E-state index in [0.29, 0.717) is 17.8 Å². The molecule has 0 heterocycles. The SMILES string of the molecule is CCc1ccc(CN(C)C(=O)c2ccccc2NC(=O)c2ccc([N+](=O)[O-])cc2Cl)cc1. The second-order valence-electron chi connectivity index (χ2n) is 7.25. The zero-order valence-electron chi connectivity index (χ0n) is 17.7. The van der Waals surface area contributed by atoms with Crippen LogP contribution in [-0.4, -0.2) is 28.7 Å². The molecule has 0 aliphatic carbocycles. The normalized spacial score (nSPS) is 10.5. The van der Waals surface area contributed by atoms with Crippen LogP contribution < -0.4 is 5.32 Å². The number of nitrogens with one attached hydrogen (secondary N) is 1. The van der Waals surface area contributed by atoms with Gasteiger partial charge in [-0.3, -0.25) is 19.7 Å². The van der Waals surface area contributed by atoms with Crippen LogP contribution in [0.3, 0.4) is 0 Å². The van der Waals surface area contributed by atoms with Gasteiger partial charge >= 0.3 is 0 Å². The first kappa shape index (κ1) is 23.0. The van der Waals surface area contributed by atoms with Crippen LogP contribution in [0.2, 0.25) is 5.02 Å². The third kappa shape index (κ3) is 5.31. The van der Waals surface area contributed by atoms with Gasteiger partial charge in [-0.2, -0.15) is 0 Å². The molecule has 0 aliphatic rings. The molecule has 32 heavy (non-hydrogen) atoms. The summed E-state index contributed by atoms with van der Waals surface area (Å²) in [6.07, 6.45) is 0.945. The number of nitro benzene ring substituents is 1. The van der Waals surface area contributed by atoms with Gasteiger partial charge < -0.3 is 10.2 Å². The van der Waals surface area contributed by atoms with E-state index in [1.54, 1.807) is 36.2 Å². The number of aryl methyl sites for hydroxylation is 1.